The molecule has 2 aromatic heterocycles. The van der Waals surface area contributed by atoms with Crippen molar-refractivity contribution in [1.82, 2.24) is 9.97 Å². The molecule has 0 unspecified atom stereocenters. The van der Waals surface area contributed by atoms with Gasteiger partial charge >= 0.3 is 0 Å². The number of nitrogens with one attached hydrogen (secondary N) is 1. The molecule has 80 valence electrons. The van der Waals surface area contributed by atoms with Crippen molar-refractivity contribution in [2.75, 3.05) is 0 Å². The van der Waals surface area contributed by atoms with Crippen molar-refractivity contribution in [2.45, 2.75) is 25.7 Å². The van der Waals surface area contributed by atoms with E-state index < -0.39 is 0 Å². The average molecular weight is 285 g/mol. The Morgan fingerprint density at radius 1 is 1.27 bits per heavy atom. The second kappa shape index (κ2) is 5.47. The van der Waals surface area contributed by atoms with E-state index >= 15 is 0 Å². The molecule has 0 bridgehead atoms. The Bertz CT molecular complexity index is 394. The third-order valence-electron chi connectivity index (χ3n) is 2.27. The molecule has 2 aromatic rings. The third-order valence-corrected chi connectivity index (χ3v) is 3.95. The van der Waals surface area contributed by atoms with Crippen molar-refractivity contribution in [3.05, 3.63) is 39.0 Å². The molecule has 0 fully saturated rings. The maximum absolute atomic E-state index is 4.20. The second-order valence-electron chi connectivity index (χ2n) is 3.45. The first-order chi connectivity index (χ1) is 7.34. The van der Waals surface area contributed by atoms with Gasteiger partial charge in [0.25, 0.3) is 0 Å². The zero-order chi connectivity index (χ0) is 10.5. The molecule has 2 rings (SSSR count). The maximum Gasteiger partial charge on any atom is 0.105 e. The summed E-state index contributed by atoms with van der Waals surface area (Å²) in [5, 5.41) is 0. The highest BCUT2D eigenvalue weighted by Gasteiger charge is 1.99. The molecule has 0 aliphatic carbocycles. The second-order valence-corrected chi connectivity index (χ2v) is 6.00. The molecule has 2 nitrogen and oxygen atoms in total. The number of aromatic amines is 1. The zero-order valence-corrected chi connectivity index (χ0v) is 10.8. The number of H-pyrrole nitrogens is 1. The highest BCUT2D eigenvalue weighted by Crippen LogP contribution is 2.23. The quantitative estimate of drug-likeness (QED) is 0.832. The molecular weight excluding hydrogens is 272 g/mol. The molecule has 0 amide bonds. The Morgan fingerprint density at radius 3 is 2.80 bits per heavy atom. The predicted octanol–water partition coefficient (Wildman–Crippen LogP) is 3.80. The summed E-state index contributed by atoms with van der Waals surface area (Å²) in [6, 6.07) is 4.31. The number of nitrogens with zero attached hydrogens (tertiary/aromatic N) is 1. The van der Waals surface area contributed by atoms with Crippen molar-refractivity contribution in [1.29, 1.82) is 0 Å². The van der Waals surface area contributed by atoms with E-state index in [1.54, 1.807) is 0 Å². The lowest BCUT2D eigenvalue weighted by Crippen LogP contribution is -1.89. The van der Waals surface area contributed by atoms with Crippen molar-refractivity contribution in [3.8, 4) is 0 Å². The van der Waals surface area contributed by atoms with Gasteiger partial charge in [0.2, 0.25) is 0 Å². The van der Waals surface area contributed by atoms with Gasteiger partial charge in [-0.15, -0.1) is 11.3 Å². The number of unbranched alkanes of at least 4 members (excludes halogenated alkanes) is 1. The molecule has 0 atom stereocenters. The summed E-state index contributed by atoms with van der Waals surface area (Å²) in [5.74, 6) is 1.10. The number of hydrogen-bond donors (Lipinski definition) is 1. The van der Waals surface area contributed by atoms with Crippen molar-refractivity contribution < 1.29 is 0 Å². The minimum atomic E-state index is 1.06. The minimum Gasteiger partial charge on any atom is -0.349 e. The summed E-state index contributed by atoms with van der Waals surface area (Å²) in [4.78, 5) is 8.79. The maximum atomic E-state index is 4.20. The highest BCUT2D eigenvalue weighted by molar-refractivity contribution is 9.11. The van der Waals surface area contributed by atoms with E-state index in [0.29, 0.717) is 0 Å². The zero-order valence-electron chi connectivity index (χ0n) is 8.37. The van der Waals surface area contributed by atoms with Crippen LogP contribution in [0.1, 0.15) is 23.5 Å². The lowest BCUT2D eigenvalue weighted by atomic mass is 10.2. The summed E-state index contributed by atoms with van der Waals surface area (Å²) >= 11 is 5.31. The minimum absolute atomic E-state index is 1.06. The first-order valence-corrected chi connectivity index (χ1v) is 6.68. The van der Waals surface area contributed by atoms with Crippen LogP contribution in [-0.4, -0.2) is 9.97 Å². The molecule has 4 heteroatoms. The largest absolute Gasteiger partial charge is 0.349 e. The van der Waals surface area contributed by atoms with Crippen LogP contribution in [0.2, 0.25) is 0 Å². The van der Waals surface area contributed by atoms with Gasteiger partial charge in [-0.1, -0.05) is 0 Å². The summed E-state index contributed by atoms with van der Waals surface area (Å²) in [6.45, 7) is 0. The number of aryl methyl sites for hydroxylation is 2. The van der Waals surface area contributed by atoms with Gasteiger partial charge in [0, 0.05) is 23.7 Å². The lowest BCUT2D eigenvalue weighted by Gasteiger charge is -1.97. The van der Waals surface area contributed by atoms with Crippen LogP contribution in [0.5, 0.6) is 0 Å². The first kappa shape index (κ1) is 10.9. The van der Waals surface area contributed by atoms with Gasteiger partial charge in [-0.25, -0.2) is 4.98 Å². The van der Waals surface area contributed by atoms with Gasteiger partial charge in [0.05, 0.1) is 3.79 Å². The van der Waals surface area contributed by atoms with Crippen LogP contribution in [0.3, 0.4) is 0 Å². The average Bonchev–Trinajstić information content (AvgIpc) is 2.84. The van der Waals surface area contributed by atoms with Gasteiger partial charge in [0.1, 0.15) is 5.82 Å². The number of hydrogen-bond acceptors (Lipinski definition) is 2. The van der Waals surface area contributed by atoms with E-state index in [9.17, 15) is 0 Å². The summed E-state index contributed by atoms with van der Waals surface area (Å²) < 4.78 is 1.23. The van der Waals surface area contributed by atoms with E-state index in [2.05, 4.69) is 38.0 Å². The summed E-state index contributed by atoms with van der Waals surface area (Å²) in [7, 11) is 0. The van der Waals surface area contributed by atoms with Crippen LogP contribution in [0.25, 0.3) is 0 Å². The molecule has 0 spiro atoms. The molecule has 0 aliphatic rings. The Hall–Kier alpha value is -0.610. The Kier molecular flexibility index (Phi) is 3.97. The van der Waals surface area contributed by atoms with Crippen LogP contribution in [0.4, 0.5) is 0 Å². The predicted molar refractivity (Wildman–Crippen MR) is 67.2 cm³/mol. The van der Waals surface area contributed by atoms with Crippen molar-refractivity contribution in [2.24, 2.45) is 0 Å². The number of imidazole rings is 1. The summed E-state index contributed by atoms with van der Waals surface area (Å²) in [6.07, 6.45) is 8.35. The molecule has 0 saturated heterocycles. The molecule has 1 N–H and O–H groups in total. The van der Waals surface area contributed by atoms with E-state index in [4.69, 9.17) is 0 Å². The van der Waals surface area contributed by atoms with E-state index in [1.165, 1.54) is 27.9 Å². The molecule has 0 radical (unpaired) electrons. The topological polar surface area (TPSA) is 28.7 Å². The molecular formula is C11H13BrN2S. The van der Waals surface area contributed by atoms with Crippen LogP contribution < -0.4 is 0 Å². The van der Waals surface area contributed by atoms with Gasteiger partial charge in [-0.05, 0) is 47.3 Å². The van der Waals surface area contributed by atoms with Gasteiger partial charge in [-0.3, -0.25) is 0 Å². The lowest BCUT2D eigenvalue weighted by molar-refractivity contribution is 0.718. The fourth-order valence-electron chi connectivity index (χ4n) is 1.51. The van der Waals surface area contributed by atoms with Gasteiger partial charge in [-0.2, -0.15) is 0 Å². The fraction of sp³-hybridized carbons (Fsp3) is 0.364. The highest BCUT2D eigenvalue weighted by atomic mass is 79.9. The number of thiophene rings is 1. The SMILES string of the molecule is Brc1ccc(CCCCc2ncc[nH]2)s1. The van der Waals surface area contributed by atoms with Crippen LogP contribution in [0, 0.1) is 0 Å². The normalized spacial score (nSPS) is 10.7. The number of rotatable bonds is 5. The van der Waals surface area contributed by atoms with Crippen molar-refractivity contribution in [3.63, 3.8) is 0 Å². The fourth-order valence-corrected chi connectivity index (χ4v) is 3.04. The van der Waals surface area contributed by atoms with Crippen LogP contribution in [-0.2, 0) is 12.8 Å². The van der Waals surface area contributed by atoms with Crippen molar-refractivity contribution >= 4 is 27.3 Å². The number of halogens is 1. The van der Waals surface area contributed by atoms with E-state index in [0.717, 1.165) is 12.2 Å². The van der Waals surface area contributed by atoms with E-state index in [1.807, 2.05) is 23.7 Å². The Labute approximate surface area is 102 Å². The molecule has 0 aliphatic heterocycles. The Balaban J connectivity index is 1.67. The smallest absolute Gasteiger partial charge is 0.105 e. The molecule has 0 saturated carbocycles. The van der Waals surface area contributed by atoms with E-state index in [-0.39, 0.29) is 0 Å². The monoisotopic (exact) mass is 284 g/mol. The summed E-state index contributed by atoms with van der Waals surface area (Å²) in [5.41, 5.74) is 0. The third kappa shape index (κ3) is 3.47. The Morgan fingerprint density at radius 2 is 2.13 bits per heavy atom. The standard InChI is InChI=1S/C11H13BrN2S/c12-10-6-5-9(15-10)3-1-2-4-11-13-7-8-14-11/h5-8H,1-4H2,(H,13,14). The molecule has 2 heterocycles. The molecule has 15 heavy (non-hydrogen) atoms. The van der Waals surface area contributed by atoms with Gasteiger partial charge < -0.3 is 4.98 Å². The number of aromatic nitrogens is 2. The van der Waals surface area contributed by atoms with Gasteiger partial charge in [0.15, 0.2) is 0 Å². The molecule has 0 aromatic carbocycles. The first-order valence-electron chi connectivity index (χ1n) is 5.07. The van der Waals surface area contributed by atoms with Crippen LogP contribution >= 0.6 is 27.3 Å². The van der Waals surface area contributed by atoms with Crippen LogP contribution in [0.15, 0.2) is 28.3 Å².